The smallest absolute Gasteiger partial charge is 0.339 e. The maximum Gasteiger partial charge on any atom is 0.339 e. The van der Waals surface area contributed by atoms with Crippen molar-refractivity contribution in [1.29, 1.82) is 0 Å². The fourth-order valence-corrected chi connectivity index (χ4v) is 2.36. The summed E-state index contributed by atoms with van der Waals surface area (Å²) in [6.07, 6.45) is -0.988. The monoisotopic (exact) mass is 373 g/mol. The lowest BCUT2D eigenvalue weighted by molar-refractivity contribution is -0.123. The molecule has 0 aliphatic rings. The molecular formula is C20H23NO6. The minimum atomic E-state index is -0.988. The van der Waals surface area contributed by atoms with Crippen LogP contribution in [0.5, 0.6) is 17.2 Å². The molecule has 0 heterocycles. The van der Waals surface area contributed by atoms with Gasteiger partial charge in [-0.1, -0.05) is 17.7 Å². The van der Waals surface area contributed by atoms with Crippen molar-refractivity contribution in [3.63, 3.8) is 0 Å². The fraction of sp³-hybridized carbons (Fsp3) is 0.300. The van der Waals surface area contributed by atoms with Crippen molar-refractivity contribution in [2.24, 2.45) is 0 Å². The first-order valence-corrected chi connectivity index (χ1v) is 8.28. The zero-order valence-corrected chi connectivity index (χ0v) is 16.0. The van der Waals surface area contributed by atoms with Gasteiger partial charge in [-0.25, -0.2) is 4.79 Å². The molecule has 144 valence electrons. The van der Waals surface area contributed by atoms with E-state index in [9.17, 15) is 9.59 Å². The number of methoxy groups -OCH3 is 3. The van der Waals surface area contributed by atoms with Gasteiger partial charge in [-0.15, -0.1) is 0 Å². The molecule has 2 aromatic carbocycles. The number of nitrogens with one attached hydrogen (secondary N) is 1. The standard InChI is InChI=1S/C20H23NO6/c1-12-6-8-15(9-7-12)21-19(22)13(2)27-20(23)14-10-16(24-3)18(26-5)17(11-14)25-4/h6-11,13H,1-5H3,(H,21,22)/t13-/m1/s1. The summed E-state index contributed by atoms with van der Waals surface area (Å²) in [5.74, 6) is -0.108. The summed E-state index contributed by atoms with van der Waals surface area (Å²) < 4.78 is 20.9. The lowest BCUT2D eigenvalue weighted by Crippen LogP contribution is -2.30. The van der Waals surface area contributed by atoms with Gasteiger partial charge >= 0.3 is 5.97 Å². The lowest BCUT2D eigenvalue weighted by atomic mass is 10.2. The van der Waals surface area contributed by atoms with Crippen LogP contribution in [0.4, 0.5) is 5.69 Å². The Kier molecular flexibility index (Phi) is 6.65. The Bertz CT molecular complexity index is 791. The SMILES string of the molecule is COc1cc(C(=O)O[C@H](C)C(=O)Nc2ccc(C)cc2)cc(OC)c1OC. The molecule has 2 aromatic rings. The molecule has 1 atom stereocenters. The molecule has 0 aliphatic carbocycles. The fourth-order valence-electron chi connectivity index (χ4n) is 2.36. The van der Waals surface area contributed by atoms with E-state index in [-0.39, 0.29) is 5.56 Å². The number of rotatable bonds is 7. The molecule has 0 spiro atoms. The maximum absolute atomic E-state index is 12.4. The molecule has 0 aliphatic heterocycles. The van der Waals surface area contributed by atoms with Gasteiger partial charge < -0.3 is 24.3 Å². The van der Waals surface area contributed by atoms with Crippen molar-refractivity contribution in [2.45, 2.75) is 20.0 Å². The highest BCUT2D eigenvalue weighted by molar-refractivity contribution is 5.97. The van der Waals surface area contributed by atoms with Crippen LogP contribution in [-0.2, 0) is 9.53 Å². The number of carbonyl (C=O) groups excluding carboxylic acids is 2. The molecule has 7 heteroatoms. The molecule has 27 heavy (non-hydrogen) atoms. The first kappa shape index (κ1) is 20.1. The van der Waals surface area contributed by atoms with Crippen molar-refractivity contribution in [3.8, 4) is 17.2 Å². The van der Waals surface area contributed by atoms with Crippen LogP contribution in [0.1, 0.15) is 22.8 Å². The third kappa shape index (κ3) is 4.91. The van der Waals surface area contributed by atoms with Gasteiger partial charge in [-0.3, -0.25) is 4.79 Å². The van der Waals surface area contributed by atoms with Crippen LogP contribution in [0.25, 0.3) is 0 Å². The number of hydrogen-bond acceptors (Lipinski definition) is 6. The van der Waals surface area contributed by atoms with Gasteiger partial charge in [-0.05, 0) is 38.1 Å². The van der Waals surface area contributed by atoms with E-state index in [1.807, 2.05) is 19.1 Å². The number of aryl methyl sites for hydroxylation is 1. The van der Waals surface area contributed by atoms with Crippen LogP contribution in [0, 0.1) is 6.92 Å². The summed E-state index contributed by atoms with van der Waals surface area (Å²) in [5, 5.41) is 2.70. The predicted octanol–water partition coefficient (Wildman–Crippen LogP) is 3.20. The number of esters is 1. The van der Waals surface area contributed by atoms with E-state index in [1.165, 1.54) is 40.4 Å². The van der Waals surface area contributed by atoms with Crippen molar-refractivity contribution >= 4 is 17.6 Å². The normalized spacial score (nSPS) is 11.3. The second kappa shape index (κ2) is 8.93. The van der Waals surface area contributed by atoms with Gasteiger partial charge in [0, 0.05) is 5.69 Å². The van der Waals surface area contributed by atoms with E-state index in [1.54, 1.807) is 12.1 Å². The van der Waals surface area contributed by atoms with Gasteiger partial charge in [0.05, 0.1) is 26.9 Å². The number of anilines is 1. The van der Waals surface area contributed by atoms with Crippen molar-refractivity contribution in [1.82, 2.24) is 0 Å². The molecule has 0 saturated heterocycles. The Hall–Kier alpha value is -3.22. The van der Waals surface area contributed by atoms with Gasteiger partial charge in [0.15, 0.2) is 17.6 Å². The molecule has 0 bridgehead atoms. The minimum absolute atomic E-state index is 0.180. The molecule has 0 aromatic heterocycles. The molecule has 0 radical (unpaired) electrons. The van der Waals surface area contributed by atoms with Gasteiger partial charge in [0.2, 0.25) is 5.75 Å². The highest BCUT2D eigenvalue weighted by Crippen LogP contribution is 2.38. The lowest BCUT2D eigenvalue weighted by Gasteiger charge is -2.16. The number of hydrogen-bond donors (Lipinski definition) is 1. The first-order chi connectivity index (χ1) is 12.9. The maximum atomic E-state index is 12.4. The summed E-state index contributed by atoms with van der Waals surface area (Å²) in [5.41, 5.74) is 1.88. The van der Waals surface area contributed by atoms with Crippen LogP contribution >= 0.6 is 0 Å². The molecule has 0 unspecified atom stereocenters. The molecule has 0 saturated carbocycles. The highest BCUT2D eigenvalue weighted by Gasteiger charge is 2.22. The van der Waals surface area contributed by atoms with Crippen LogP contribution in [0.15, 0.2) is 36.4 Å². The molecular weight excluding hydrogens is 350 g/mol. The average Bonchev–Trinajstić information content (AvgIpc) is 2.68. The Morgan fingerprint density at radius 3 is 1.96 bits per heavy atom. The third-order valence-corrected chi connectivity index (χ3v) is 3.87. The largest absolute Gasteiger partial charge is 0.493 e. The van der Waals surface area contributed by atoms with Gasteiger partial charge in [0.25, 0.3) is 5.91 Å². The van der Waals surface area contributed by atoms with Crippen LogP contribution in [0.2, 0.25) is 0 Å². The Balaban J connectivity index is 2.11. The van der Waals surface area contributed by atoms with E-state index in [2.05, 4.69) is 5.32 Å². The molecule has 7 nitrogen and oxygen atoms in total. The number of benzene rings is 2. The zero-order chi connectivity index (χ0) is 20.0. The molecule has 0 fully saturated rings. The Morgan fingerprint density at radius 2 is 1.48 bits per heavy atom. The van der Waals surface area contributed by atoms with Crippen molar-refractivity contribution in [3.05, 3.63) is 47.5 Å². The molecule has 1 N–H and O–H groups in total. The summed E-state index contributed by atoms with van der Waals surface area (Å²) in [6, 6.07) is 10.2. The topological polar surface area (TPSA) is 83.1 Å². The quantitative estimate of drug-likeness (QED) is 0.751. The van der Waals surface area contributed by atoms with Gasteiger partial charge in [0.1, 0.15) is 0 Å². The number of amides is 1. The van der Waals surface area contributed by atoms with Crippen molar-refractivity contribution < 1.29 is 28.5 Å². The Morgan fingerprint density at radius 1 is 0.926 bits per heavy atom. The summed E-state index contributed by atoms with van der Waals surface area (Å²) in [6.45, 7) is 3.45. The van der Waals surface area contributed by atoms with E-state index in [0.29, 0.717) is 22.9 Å². The number of carbonyl (C=O) groups is 2. The minimum Gasteiger partial charge on any atom is -0.493 e. The second-order valence-corrected chi connectivity index (χ2v) is 5.82. The predicted molar refractivity (Wildman–Crippen MR) is 101 cm³/mol. The molecule has 1 amide bonds. The van der Waals surface area contributed by atoms with Gasteiger partial charge in [-0.2, -0.15) is 0 Å². The third-order valence-electron chi connectivity index (χ3n) is 3.87. The van der Waals surface area contributed by atoms with Crippen molar-refractivity contribution in [2.75, 3.05) is 26.6 Å². The van der Waals surface area contributed by atoms with Crippen LogP contribution in [-0.4, -0.2) is 39.3 Å². The second-order valence-electron chi connectivity index (χ2n) is 5.82. The number of ether oxygens (including phenoxy) is 4. The Labute approximate surface area is 158 Å². The van der Waals surface area contributed by atoms with Crippen LogP contribution < -0.4 is 19.5 Å². The summed E-state index contributed by atoms with van der Waals surface area (Å²) in [7, 11) is 4.37. The van der Waals surface area contributed by atoms with E-state index < -0.39 is 18.0 Å². The zero-order valence-electron chi connectivity index (χ0n) is 16.0. The summed E-state index contributed by atoms with van der Waals surface area (Å²) >= 11 is 0. The van der Waals surface area contributed by atoms with E-state index >= 15 is 0 Å². The average molecular weight is 373 g/mol. The highest BCUT2D eigenvalue weighted by atomic mass is 16.5. The van der Waals surface area contributed by atoms with Crippen LogP contribution in [0.3, 0.4) is 0 Å². The van der Waals surface area contributed by atoms with E-state index in [0.717, 1.165) is 5.56 Å². The summed E-state index contributed by atoms with van der Waals surface area (Å²) in [4.78, 5) is 24.7. The van der Waals surface area contributed by atoms with E-state index in [4.69, 9.17) is 18.9 Å². The molecule has 2 rings (SSSR count). The first-order valence-electron chi connectivity index (χ1n) is 8.28.